The Morgan fingerprint density at radius 3 is 2.69 bits per heavy atom. The van der Waals surface area contributed by atoms with Gasteiger partial charge in [-0.15, -0.1) is 10.2 Å². The molecule has 0 spiro atoms. The van der Waals surface area contributed by atoms with Crippen LogP contribution in [0.2, 0.25) is 0 Å². The average molecular weight is 460 g/mol. The number of nitrogens with zero attached hydrogens (tertiary/aromatic N) is 4. The predicted molar refractivity (Wildman–Crippen MR) is 114 cm³/mol. The number of aromatic nitrogens is 2. The summed E-state index contributed by atoms with van der Waals surface area (Å²) in [7, 11) is -3.90. The molecule has 1 amide bonds. The molecule has 0 radical (unpaired) electrons. The van der Waals surface area contributed by atoms with Crippen LogP contribution in [0.4, 0.5) is 16.5 Å². The Morgan fingerprint density at radius 1 is 1.38 bits per heavy atom. The lowest BCUT2D eigenvalue weighted by atomic mass is 10.2. The van der Waals surface area contributed by atoms with Gasteiger partial charge in [-0.05, 0) is 18.9 Å². The van der Waals surface area contributed by atoms with Gasteiger partial charge in [0.2, 0.25) is 21.1 Å². The fraction of sp³-hybridized carbons (Fsp3) is 0.438. The molecule has 1 aromatic carbocycles. The second-order valence-corrected chi connectivity index (χ2v) is 10.1. The maximum Gasteiger partial charge on any atom is 0.271 e. The molecule has 0 bridgehead atoms. The van der Waals surface area contributed by atoms with Crippen molar-refractivity contribution in [3.63, 3.8) is 0 Å². The van der Waals surface area contributed by atoms with E-state index in [2.05, 4.69) is 15.5 Å². The summed E-state index contributed by atoms with van der Waals surface area (Å²) >= 11 is 2.72. The van der Waals surface area contributed by atoms with Crippen molar-refractivity contribution in [2.45, 2.75) is 37.1 Å². The monoisotopic (exact) mass is 459 g/mol. The van der Waals surface area contributed by atoms with E-state index >= 15 is 0 Å². The minimum atomic E-state index is -3.90. The molecule has 0 fully saturated rings. The zero-order valence-electron chi connectivity index (χ0n) is 16.1. The summed E-state index contributed by atoms with van der Waals surface area (Å²) < 4.78 is 26.5. The number of sulfonamides is 1. The third kappa shape index (κ3) is 6.11. The Labute approximate surface area is 176 Å². The van der Waals surface area contributed by atoms with Gasteiger partial charge < -0.3 is 0 Å². The van der Waals surface area contributed by atoms with E-state index in [4.69, 9.17) is 0 Å². The first-order chi connectivity index (χ1) is 13.7. The zero-order valence-corrected chi connectivity index (χ0v) is 18.5. The van der Waals surface area contributed by atoms with Gasteiger partial charge in [0, 0.05) is 17.9 Å². The third-order valence-electron chi connectivity index (χ3n) is 3.69. The van der Waals surface area contributed by atoms with Crippen molar-refractivity contribution in [1.82, 2.24) is 10.2 Å². The van der Waals surface area contributed by atoms with E-state index < -0.39 is 26.9 Å². The molecule has 1 heterocycles. The number of nitro benzene ring substituents is 1. The lowest BCUT2D eigenvalue weighted by Gasteiger charge is -2.29. The SMILES string of the molecule is CCCSc1nnc(NC(=O)[C@@H](CC)N(c2cccc([N+](=O)[O-])c2)S(C)(=O)=O)s1. The number of hydrogen-bond donors (Lipinski definition) is 1. The van der Waals surface area contributed by atoms with Gasteiger partial charge in [0.25, 0.3) is 5.69 Å². The summed E-state index contributed by atoms with van der Waals surface area (Å²) in [6.45, 7) is 3.69. The molecule has 29 heavy (non-hydrogen) atoms. The number of nitro groups is 1. The zero-order chi connectivity index (χ0) is 21.6. The minimum absolute atomic E-state index is 0.0418. The van der Waals surface area contributed by atoms with E-state index in [0.29, 0.717) is 4.34 Å². The maximum atomic E-state index is 12.8. The van der Waals surface area contributed by atoms with Crippen LogP contribution in [0.25, 0.3) is 0 Å². The second kappa shape index (κ2) is 9.98. The van der Waals surface area contributed by atoms with E-state index in [0.717, 1.165) is 28.8 Å². The highest BCUT2D eigenvalue weighted by Gasteiger charge is 2.32. The molecule has 1 aromatic heterocycles. The van der Waals surface area contributed by atoms with Crippen LogP contribution in [-0.2, 0) is 14.8 Å². The van der Waals surface area contributed by atoms with Crippen molar-refractivity contribution in [1.29, 1.82) is 0 Å². The molecule has 0 aliphatic carbocycles. The van der Waals surface area contributed by atoms with Gasteiger partial charge in [-0.1, -0.05) is 43.0 Å². The van der Waals surface area contributed by atoms with E-state index in [-0.39, 0.29) is 22.9 Å². The van der Waals surface area contributed by atoms with Crippen molar-refractivity contribution >= 4 is 55.5 Å². The van der Waals surface area contributed by atoms with Crippen molar-refractivity contribution in [2.75, 3.05) is 21.6 Å². The van der Waals surface area contributed by atoms with E-state index in [9.17, 15) is 23.3 Å². The Hall–Kier alpha value is -2.25. The van der Waals surface area contributed by atoms with Crippen molar-refractivity contribution in [3.8, 4) is 0 Å². The lowest BCUT2D eigenvalue weighted by Crippen LogP contribution is -2.47. The van der Waals surface area contributed by atoms with Crippen LogP contribution in [0.3, 0.4) is 0 Å². The van der Waals surface area contributed by atoms with Crippen LogP contribution in [0, 0.1) is 10.1 Å². The van der Waals surface area contributed by atoms with Gasteiger partial charge >= 0.3 is 0 Å². The largest absolute Gasteiger partial charge is 0.299 e. The number of hydrogen-bond acceptors (Lipinski definition) is 9. The molecule has 0 unspecified atom stereocenters. The number of carbonyl (C=O) groups excluding carboxylic acids is 1. The fourth-order valence-electron chi connectivity index (χ4n) is 2.50. The third-order valence-corrected chi connectivity index (χ3v) is 7.05. The van der Waals surface area contributed by atoms with Gasteiger partial charge in [-0.3, -0.25) is 24.5 Å². The Balaban J connectivity index is 2.31. The smallest absolute Gasteiger partial charge is 0.271 e. The summed E-state index contributed by atoms with van der Waals surface area (Å²) in [6, 6.07) is 4.05. The molecule has 0 aliphatic rings. The van der Waals surface area contributed by atoms with Gasteiger partial charge in [-0.25, -0.2) is 8.42 Å². The highest BCUT2D eigenvalue weighted by molar-refractivity contribution is 8.01. The quantitative estimate of drug-likeness (QED) is 0.248. The summed E-state index contributed by atoms with van der Waals surface area (Å²) in [5.74, 6) is 0.280. The summed E-state index contributed by atoms with van der Waals surface area (Å²) in [5, 5.41) is 21.8. The maximum absolute atomic E-state index is 12.8. The summed E-state index contributed by atoms with van der Waals surface area (Å²) in [6.07, 6.45) is 2.07. The first-order valence-corrected chi connectivity index (χ1v) is 12.3. The van der Waals surface area contributed by atoms with E-state index in [1.807, 2.05) is 6.92 Å². The highest BCUT2D eigenvalue weighted by atomic mass is 32.2. The van der Waals surface area contributed by atoms with Crippen LogP contribution >= 0.6 is 23.1 Å². The normalized spacial score (nSPS) is 12.4. The van der Waals surface area contributed by atoms with Crippen LogP contribution < -0.4 is 9.62 Å². The first kappa shape index (κ1) is 23.0. The first-order valence-electron chi connectivity index (χ1n) is 8.68. The number of carbonyl (C=O) groups is 1. The molecule has 0 aliphatic heterocycles. The molecule has 1 N–H and O–H groups in total. The molecule has 158 valence electrons. The van der Waals surface area contributed by atoms with Gasteiger partial charge in [0.15, 0.2) is 4.34 Å². The van der Waals surface area contributed by atoms with Crippen molar-refractivity contribution < 1.29 is 18.1 Å². The molecular weight excluding hydrogens is 438 g/mol. The summed E-state index contributed by atoms with van der Waals surface area (Å²) in [4.78, 5) is 23.3. The van der Waals surface area contributed by atoms with Gasteiger partial charge in [0.1, 0.15) is 6.04 Å². The van der Waals surface area contributed by atoms with Gasteiger partial charge in [-0.2, -0.15) is 0 Å². The van der Waals surface area contributed by atoms with Crippen LogP contribution in [0.15, 0.2) is 28.6 Å². The number of nitrogens with one attached hydrogen (secondary N) is 1. The predicted octanol–water partition coefficient (Wildman–Crippen LogP) is 3.13. The number of non-ortho nitro benzene ring substituents is 1. The molecule has 10 nitrogen and oxygen atoms in total. The minimum Gasteiger partial charge on any atom is -0.299 e. The van der Waals surface area contributed by atoms with E-state index in [1.54, 1.807) is 6.92 Å². The topological polar surface area (TPSA) is 135 Å². The lowest BCUT2D eigenvalue weighted by molar-refractivity contribution is -0.384. The molecular formula is C16H21N5O5S3. The van der Waals surface area contributed by atoms with Gasteiger partial charge in [0.05, 0.1) is 16.9 Å². The number of benzene rings is 1. The molecule has 2 rings (SSSR count). The fourth-order valence-corrected chi connectivity index (χ4v) is 5.38. The van der Waals surface area contributed by atoms with Crippen molar-refractivity contribution in [3.05, 3.63) is 34.4 Å². The molecule has 13 heteroatoms. The molecule has 0 saturated carbocycles. The molecule has 0 saturated heterocycles. The average Bonchev–Trinajstić information content (AvgIpc) is 3.10. The van der Waals surface area contributed by atoms with Crippen molar-refractivity contribution in [2.24, 2.45) is 0 Å². The number of amides is 1. The standard InChI is InChI=1S/C16H21N5O5S3/c1-4-9-27-16-19-18-15(28-16)17-14(22)13(5-2)20(29(3,25)26)11-7-6-8-12(10-11)21(23)24/h6-8,10,13H,4-5,9H2,1-3H3,(H,17,18,22)/t13-/m1/s1. The van der Waals surface area contributed by atoms with Crippen LogP contribution in [-0.4, -0.2) is 47.5 Å². The van der Waals surface area contributed by atoms with Crippen LogP contribution in [0.5, 0.6) is 0 Å². The second-order valence-electron chi connectivity index (χ2n) is 5.97. The Bertz CT molecular complexity index is 979. The number of rotatable bonds is 10. The highest BCUT2D eigenvalue weighted by Crippen LogP contribution is 2.29. The molecule has 1 atom stereocenters. The number of thioether (sulfide) groups is 1. The molecule has 2 aromatic rings. The van der Waals surface area contributed by atoms with Crippen LogP contribution in [0.1, 0.15) is 26.7 Å². The summed E-state index contributed by atoms with van der Waals surface area (Å²) in [5.41, 5.74) is -0.228. The Morgan fingerprint density at radius 2 is 2.10 bits per heavy atom. The number of anilines is 2. The van der Waals surface area contributed by atoms with E-state index in [1.165, 1.54) is 41.3 Å². The Kier molecular flexibility index (Phi) is 7.93.